The average molecular weight is 498 g/mol. The molecule has 2 fully saturated rings. The van der Waals surface area contributed by atoms with Crippen LogP contribution in [0.15, 0.2) is 60.9 Å². The number of nitrogens with zero attached hydrogens (tertiary/aromatic N) is 4. The van der Waals surface area contributed by atoms with Crippen LogP contribution in [0.3, 0.4) is 0 Å². The van der Waals surface area contributed by atoms with Crippen molar-refractivity contribution >= 4 is 5.97 Å². The number of hydrogen-bond donors (Lipinski definition) is 2. The molecule has 2 aliphatic carbocycles. The van der Waals surface area contributed by atoms with Crippen LogP contribution >= 0.6 is 0 Å². The molecule has 4 aromatic rings. The Hall–Kier alpha value is -3.94. The minimum atomic E-state index is -0.972. The molecule has 37 heavy (non-hydrogen) atoms. The topological polar surface area (TPSA) is 106 Å². The van der Waals surface area contributed by atoms with E-state index in [1.165, 1.54) is 38.3 Å². The first kappa shape index (κ1) is 23.5. The summed E-state index contributed by atoms with van der Waals surface area (Å²) < 4.78 is 8.14. The van der Waals surface area contributed by atoms with Crippen molar-refractivity contribution in [2.24, 2.45) is 5.92 Å². The van der Waals surface area contributed by atoms with E-state index < -0.39 is 5.97 Å². The second-order valence-electron chi connectivity index (χ2n) is 10.3. The van der Waals surface area contributed by atoms with E-state index in [9.17, 15) is 9.90 Å². The van der Waals surface area contributed by atoms with E-state index in [1.54, 1.807) is 10.9 Å². The molecule has 8 heteroatoms. The molecule has 0 aliphatic heterocycles. The third-order valence-corrected chi connectivity index (χ3v) is 7.89. The standard InChI is InChI=1S/C29H31N5O3/c1-18(19-7-3-2-4-8-19)37-23-12-6-10-21(14-23)20-9-5-11-22(13-20)34-28(26(16-31-34)29(35)36)25-15-24(25)27-17-30-33-32-27/h5-6,9-14,16-19,24-25H,2-4,7-8,15H2,1H3,(H,35,36)(H,30,32,33)/t18-,24+,25?/m0/s1. The minimum absolute atomic E-state index is 0.0281. The highest BCUT2D eigenvalue weighted by atomic mass is 16.5. The van der Waals surface area contributed by atoms with Crippen molar-refractivity contribution < 1.29 is 14.6 Å². The van der Waals surface area contributed by atoms with Crippen LogP contribution in [0.5, 0.6) is 5.75 Å². The van der Waals surface area contributed by atoms with Gasteiger partial charge >= 0.3 is 5.97 Å². The maximum atomic E-state index is 12.0. The number of nitrogens with one attached hydrogen (secondary N) is 1. The van der Waals surface area contributed by atoms with E-state index in [2.05, 4.69) is 51.7 Å². The predicted molar refractivity (Wildman–Crippen MR) is 139 cm³/mol. The molecular weight excluding hydrogens is 466 g/mol. The third-order valence-electron chi connectivity index (χ3n) is 7.89. The number of aromatic carboxylic acids is 1. The number of carboxylic acids is 1. The lowest BCUT2D eigenvalue weighted by atomic mass is 9.86. The summed E-state index contributed by atoms with van der Waals surface area (Å²) in [5.74, 6) is 0.684. The summed E-state index contributed by atoms with van der Waals surface area (Å²) in [4.78, 5) is 12.0. The predicted octanol–water partition coefficient (Wildman–Crippen LogP) is 5.97. The van der Waals surface area contributed by atoms with Crippen molar-refractivity contribution in [2.45, 2.75) is 63.4 Å². The third kappa shape index (κ3) is 4.75. The summed E-state index contributed by atoms with van der Waals surface area (Å²) in [5, 5.41) is 25.1. The lowest BCUT2D eigenvalue weighted by Gasteiger charge is -2.28. The van der Waals surface area contributed by atoms with Crippen LogP contribution in [-0.4, -0.2) is 42.4 Å². The van der Waals surface area contributed by atoms with Gasteiger partial charge in [-0.2, -0.15) is 20.5 Å². The number of H-pyrrole nitrogens is 1. The molecule has 8 nitrogen and oxygen atoms in total. The van der Waals surface area contributed by atoms with Gasteiger partial charge in [-0.1, -0.05) is 43.5 Å². The first-order chi connectivity index (χ1) is 18.1. The molecule has 2 heterocycles. The average Bonchev–Trinajstić information content (AvgIpc) is 3.30. The van der Waals surface area contributed by atoms with Crippen molar-refractivity contribution in [3.63, 3.8) is 0 Å². The largest absolute Gasteiger partial charge is 0.490 e. The van der Waals surface area contributed by atoms with Crippen LogP contribution < -0.4 is 4.74 Å². The van der Waals surface area contributed by atoms with Gasteiger partial charge in [-0.05, 0) is 67.5 Å². The Morgan fingerprint density at radius 2 is 1.84 bits per heavy atom. The summed E-state index contributed by atoms with van der Waals surface area (Å²) in [6, 6.07) is 16.3. The number of carbonyl (C=O) groups is 1. The zero-order valence-corrected chi connectivity index (χ0v) is 20.9. The van der Waals surface area contributed by atoms with Crippen molar-refractivity contribution in [1.29, 1.82) is 0 Å². The second kappa shape index (κ2) is 9.84. The normalized spacial score (nSPS) is 20.5. The number of rotatable bonds is 8. The number of benzene rings is 2. The molecule has 6 rings (SSSR count). The first-order valence-electron chi connectivity index (χ1n) is 13.1. The van der Waals surface area contributed by atoms with E-state index in [4.69, 9.17) is 4.74 Å². The van der Waals surface area contributed by atoms with Crippen LogP contribution in [0.4, 0.5) is 0 Å². The zero-order chi connectivity index (χ0) is 25.4. The van der Waals surface area contributed by atoms with Crippen LogP contribution in [-0.2, 0) is 0 Å². The lowest BCUT2D eigenvalue weighted by Crippen LogP contribution is -2.25. The van der Waals surface area contributed by atoms with E-state index in [0.29, 0.717) is 11.6 Å². The Bertz CT molecular complexity index is 1390. The summed E-state index contributed by atoms with van der Waals surface area (Å²) >= 11 is 0. The molecule has 2 aromatic carbocycles. The Balaban J connectivity index is 1.28. The van der Waals surface area contributed by atoms with E-state index in [-0.39, 0.29) is 23.5 Å². The molecule has 0 saturated heterocycles. The molecule has 0 bridgehead atoms. The molecule has 190 valence electrons. The van der Waals surface area contributed by atoms with E-state index in [1.807, 2.05) is 24.3 Å². The van der Waals surface area contributed by atoms with Crippen LogP contribution in [0, 0.1) is 5.92 Å². The highest BCUT2D eigenvalue weighted by Gasteiger charge is 2.45. The monoisotopic (exact) mass is 497 g/mol. The van der Waals surface area contributed by atoms with Gasteiger partial charge in [0, 0.05) is 11.8 Å². The number of aromatic amines is 1. The van der Waals surface area contributed by atoms with Gasteiger partial charge in [0.25, 0.3) is 0 Å². The Morgan fingerprint density at radius 1 is 1.05 bits per heavy atom. The van der Waals surface area contributed by atoms with Gasteiger partial charge in [-0.3, -0.25) is 0 Å². The fourth-order valence-corrected chi connectivity index (χ4v) is 5.78. The van der Waals surface area contributed by atoms with E-state index in [0.717, 1.165) is 34.7 Å². The zero-order valence-electron chi connectivity index (χ0n) is 20.9. The summed E-state index contributed by atoms with van der Waals surface area (Å²) in [5.41, 5.74) is 4.68. The van der Waals surface area contributed by atoms with Gasteiger partial charge in [0.1, 0.15) is 11.3 Å². The highest BCUT2D eigenvalue weighted by Crippen LogP contribution is 2.55. The summed E-state index contributed by atoms with van der Waals surface area (Å²) in [6.45, 7) is 2.19. The second-order valence-corrected chi connectivity index (χ2v) is 10.3. The Morgan fingerprint density at radius 3 is 2.59 bits per heavy atom. The molecular formula is C29H31N5O3. The molecule has 1 unspecified atom stereocenters. The smallest absolute Gasteiger partial charge is 0.339 e. The fourth-order valence-electron chi connectivity index (χ4n) is 5.78. The van der Waals surface area contributed by atoms with Crippen LogP contribution in [0.1, 0.15) is 79.0 Å². The van der Waals surface area contributed by atoms with Gasteiger partial charge in [0.15, 0.2) is 0 Å². The van der Waals surface area contributed by atoms with Crippen molar-refractivity contribution in [2.75, 3.05) is 0 Å². The first-order valence-corrected chi connectivity index (χ1v) is 13.1. The van der Waals surface area contributed by atoms with Gasteiger partial charge in [-0.25, -0.2) is 9.48 Å². The summed E-state index contributed by atoms with van der Waals surface area (Å²) in [7, 11) is 0. The SMILES string of the molecule is C[C@H](Oc1cccc(-c2cccc(-n3ncc(C(=O)O)c3C3C[C@H]3c3cn[nH]n3)c2)c1)C1CCCCC1. The van der Waals surface area contributed by atoms with Crippen LogP contribution in [0.25, 0.3) is 16.8 Å². The maximum Gasteiger partial charge on any atom is 0.339 e. The van der Waals surface area contributed by atoms with Crippen LogP contribution in [0.2, 0.25) is 0 Å². The van der Waals surface area contributed by atoms with Crippen molar-refractivity contribution in [3.05, 3.63) is 77.9 Å². The molecule has 0 radical (unpaired) electrons. The Labute approximate surface area is 215 Å². The number of aromatic nitrogens is 5. The molecule has 0 amide bonds. The van der Waals surface area contributed by atoms with Crippen molar-refractivity contribution in [1.82, 2.24) is 25.2 Å². The molecule has 2 aliphatic rings. The van der Waals surface area contributed by atoms with Crippen molar-refractivity contribution in [3.8, 4) is 22.6 Å². The number of ether oxygens (including phenoxy) is 1. The quantitative estimate of drug-likeness (QED) is 0.310. The fraction of sp³-hybridized carbons (Fsp3) is 0.379. The number of hydrogen-bond acceptors (Lipinski definition) is 5. The van der Waals surface area contributed by atoms with Gasteiger partial charge in [-0.15, -0.1) is 0 Å². The summed E-state index contributed by atoms with van der Waals surface area (Å²) in [6.07, 6.45) is 10.6. The van der Waals surface area contributed by atoms with Gasteiger partial charge in [0.05, 0.1) is 35.6 Å². The van der Waals surface area contributed by atoms with Gasteiger partial charge in [0.2, 0.25) is 0 Å². The molecule has 0 spiro atoms. The molecule has 2 N–H and O–H groups in total. The van der Waals surface area contributed by atoms with E-state index >= 15 is 0 Å². The Kier molecular flexibility index (Phi) is 6.24. The molecule has 3 atom stereocenters. The molecule has 2 saturated carbocycles. The lowest BCUT2D eigenvalue weighted by molar-refractivity contribution is 0.0695. The van der Waals surface area contributed by atoms with Gasteiger partial charge < -0.3 is 9.84 Å². The molecule has 2 aromatic heterocycles. The maximum absolute atomic E-state index is 12.0. The number of carboxylic acid groups (broad SMARTS) is 1. The highest BCUT2D eigenvalue weighted by molar-refractivity contribution is 5.89. The minimum Gasteiger partial charge on any atom is -0.490 e.